The molecule has 2 N–H and O–H groups in total. The lowest BCUT2D eigenvalue weighted by atomic mass is 10.1. The third-order valence-electron chi connectivity index (χ3n) is 3.34. The molecule has 2 aromatic rings. The van der Waals surface area contributed by atoms with Crippen molar-refractivity contribution in [2.45, 2.75) is 20.4 Å². The molecule has 106 valence electrons. The summed E-state index contributed by atoms with van der Waals surface area (Å²) in [6.07, 6.45) is 3.50. The van der Waals surface area contributed by atoms with Crippen LogP contribution in [-0.2, 0) is 6.54 Å². The van der Waals surface area contributed by atoms with Crippen molar-refractivity contribution in [1.82, 2.24) is 9.88 Å². The molecule has 1 heterocycles. The molecule has 2 rings (SSSR count). The van der Waals surface area contributed by atoms with Crippen LogP contribution in [0.2, 0.25) is 0 Å². The Hall–Kier alpha value is -2.07. The molecule has 0 amide bonds. The summed E-state index contributed by atoms with van der Waals surface area (Å²) in [6.45, 7) is 6.94. The molecule has 1 aromatic carbocycles. The maximum atomic E-state index is 9.98. The molecule has 1 aromatic heterocycles. The van der Waals surface area contributed by atoms with E-state index in [0.29, 0.717) is 5.75 Å². The van der Waals surface area contributed by atoms with Gasteiger partial charge in [-0.15, -0.1) is 0 Å². The van der Waals surface area contributed by atoms with Crippen LogP contribution < -0.4 is 5.32 Å². The van der Waals surface area contributed by atoms with E-state index in [-0.39, 0.29) is 0 Å². The minimum absolute atomic E-state index is 0.345. The number of benzene rings is 1. The van der Waals surface area contributed by atoms with E-state index in [2.05, 4.69) is 29.0 Å². The topological polar surface area (TPSA) is 48.4 Å². The monoisotopic (exact) mass is 271 g/mol. The largest absolute Gasteiger partial charge is 0.508 e. The molecule has 0 radical (unpaired) electrons. The van der Waals surface area contributed by atoms with E-state index in [9.17, 15) is 5.11 Å². The van der Waals surface area contributed by atoms with Crippen molar-refractivity contribution < 1.29 is 5.11 Å². The summed E-state index contributed by atoms with van der Waals surface area (Å²) >= 11 is 0. The van der Waals surface area contributed by atoms with Crippen LogP contribution in [0.3, 0.4) is 0 Å². The van der Waals surface area contributed by atoms with Gasteiger partial charge in [-0.25, -0.2) is 0 Å². The fraction of sp³-hybridized carbons (Fsp3) is 0.312. The van der Waals surface area contributed by atoms with Crippen LogP contribution in [0.25, 0.3) is 0 Å². The van der Waals surface area contributed by atoms with Crippen LogP contribution in [-0.4, -0.2) is 28.1 Å². The smallest absolute Gasteiger partial charge is 0.120 e. The predicted molar refractivity (Wildman–Crippen MR) is 82.3 cm³/mol. The highest BCUT2D eigenvalue weighted by Crippen LogP contribution is 2.25. The Kier molecular flexibility index (Phi) is 4.96. The summed E-state index contributed by atoms with van der Waals surface area (Å²) in [5.41, 5.74) is 2.89. The van der Waals surface area contributed by atoms with Crippen molar-refractivity contribution in [3.8, 4) is 5.75 Å². The lowest BCUT2D eigenvalue weighted by Gasteiger charge is -2.19. The highest BCUT2D eigenvalue weighted by atomic mass is 16.3. The Bertz CT molecular complexity index is 539. The van der Waals surface area contributed by atoms with E-state index in [0.717, 1.165) is 36.6 Å². The van der Waals surface area contributed by atoms with Gasteiger partial charge in [0.05, 0.1) is 0 Å². The summed E-state index contributed by atoms with van der Waals surface area (Å²) in [6, 6.07) is 9.44. The quantitative estimate of drug-likeness (QED) is 0.791. The molecule has 0 aliphatic carbocycles. The number of aromatic nitrogens is 1. The molecule has 0 atom stereocenters. The van der Waals surface area contributed by atoms with Gasteiger partial charge in [0.2, 0.25) is 0 Å². The summed E-state index contributed by atoms with van der Waals surface area (Å²) in [7, 11) is 0. The van der Waals surface area contributed by atoms with Gasteiger partial charge in [0, 0.05) is 35.9 Å². The number of nitrogens with zero attached hydrogens (tertiary/aromatic N) is 2. The highest BCUT2D eigenvalue weighted by molar-refractivity contribution is 5.61. The SMILES string of the molecule is CCN(CC)Cc1cc(Nc2ccncc2)ccc1O. The van der Waals surface area contributed by atoms with Gasteiger partial charge in [-0.3, -0.25) is 9.88 Å². The average Bonchev–Trinajstić information content (AvgIpc) is 2.49. The summed E-state index contributed by atoms with van der Waals surface area (Å²) in [4.78, 5) is 6.26. The van der Waals surface area contributed by atoms with E-state index >= 15 is 0 Å². The Labute approximate surface area is 120 Å². The first kappa shape index (κ1) is 14.3. The summed E-state index contributed by atoms with van der Waals surface area (Å²) < 4.78 is 0. The van der Waals surface area contributed by atoms with Gasteiger partial charge >= 0.3 is 0 Å². The third-order valence-corrected chi connectivity index (χ3v) is 3.34. The number of nitrogens with one attached hydrogen (secondary N) is 1. The fourth-order valence-corrected chi connectivity index (χ4v) is 2.08. The maximum Gasteiger partial charge on any atom is 0.120 e. The average molecular weight is 271 g/mol. The van der Waals surface area contributed by atoms with Gasteiger partial charge in [0.25, 0.3) is 0 Å². The fourth-order valence-electron chi connectivity index (χ4n) is 2.08. The predicted octanol–water partition coefficient (Wildman–Crippen LogP) is 3.37. The van der Waals surface area contributed by atoms with Crippen molar-refractivity contribution in [2.75, 3.05) is 18.4 Å². The molecule has 0 aliphatic heterocycles. The molecule has 0 saturated heterocycles. The van der Waals surface area contributed by atoms with Crippen LogP contribution in [0.1, 0.15) is 19.4 Å². The van der Waals surface area contributed by atoms with Crippen molar-refractivity contribution in [1.29, 1.82) is 0 Å². The van der Waals surface area contributed by atoms with Crippen LogP contribution in [0.15, 0.2) is 42.7 Å². The molecule has 0 spiro atoms. The van der Waals surface area contributed by atoms with Gasteiger partial charge in [-0.2, -0.15) is 0 Å². The minimum Gasteiger partial charge on any atom is -0.508 e. The van der Waals surface area contributed by atoms with Crippen molar-refractivity contribution in [3.63, 3.8) is 0 Å². The lowest BCUT2D eigenvalue weighted by Crippen LogP contribution is -2.22. The lowest BCUT2D eigenvalue weighted by molar-refractivity contribution is 0.291. The Morgan fingerprint density at radius 2 is 1.75 bits per heavy atom. The first-order chi connectivity index (χ1) is 9.72. The minimum atomic E-state index is 0.345. The molecule has 0 unspecified atom stereocenters. The van der Waals surface area contributed by atoms with Crippen molar-refractivity contribution in [2.24, 2.45) is 0 Å². The normalized spacial score (nSPS) is 10.8. The number of hydrogen-bond acceptors (Lipinski definition) is 4. The zero-order valence-electron chi connectivity index (χ0n) is 12.0. The zero-order valence-corrected chi connectivity index (χ0v) is 12.0. The maximum absolute atomic E-state index is 9.98. The van der Waals surface area contributed by atoms with Crippen LogP contribution in [0, 0.1) is 0 Å². The molecular formula is C16H21N3O. The van der Waals surface area contributed by atoms with Crippen LogP contribution >= 0.6 is 0 Å². The van der Waals surface area contributed by atoms with Gasteiger partial charge in [0.15, 0.2) is 0 Å². The molecule has 0 fully saturated rings. The van der Waals surface area contributed by atoms with Gasteiger partial charge in [-0.05, 0) is 43.4 Å². The van der Waals surface area contributed by atoms with Crippen molar-refractivity contribution >= 4 is 11.4 Å². The number of pyridine rings is 1. The summed E-state index contributed by atoms with van der Waals surface area (Å²) in [5, 5.41) is 13.3. The molecule has 4 nitrogen and oxygen atoms in total. The number of anilines is 2. The highest BCUT2D eigenvalue weighted by Gasteiger charge is 2.07. The van der Waals surface area contributed by atoms with Crippen LogP contribution in [0.4, 0.5) is 11.4 Å². The number of aromatic hydroxyl groups is 1. The number of phenols is 1. The Morgan fingerprint density at radius 3 is 2.40 bits per heavy atom. The summed E-state index contributed by atoms with van der Waals surface area (Å²) in [5.74, 6) is 0.345. The van der Waals surface area contributed by atoms with Gasteiger partial charge < -0.3 is 10.4 Å². The number of phenolic OH excluding ortho intramolecular Hbond substituents is 1. The molecule has 0 saturated carbocycles. The molecule has 20 heavy (non-hydrogen) atoms. The van der Waals surface area contributed by atoms with E-state index in [4.69, 9.17) is 0 Å². The van der Waals surface area contributed by atoms with Crippen LogP contribution in [0.5, 0.6) is 5.75 Å². The van der Waals surface area contributed by atoms with E-state index < -0.39 is 0 Å². The Morgan fingerprint density at radius 1 is 1.05 bits per heavy atom. The first-order valence-electron chi connectivity index (χ1n) is 6.94. The number of hydrogen-bond donors (Lipinski definition) is 2. The van der Waals surface area contributed by atoms with E-state index in [1.165, 1.54) is 0 Å². The molecular weight excluding hydrogens is 250 g/mol. The molecule has 0 bridgehead atoms. The first-order valence-corrected chi connectivity index (χ1v) is 6.94. The van der Waals surface area contributed by atoms with E-state index in [1.54, 1.807) is 18.5 Å². The Balaban J connectivity index is 2.16. The standard InChI is InChI=1S/C16H21N3O/c1-3-19(4-2)12-13-11-15(5-6-16(13)20)18-14-7-9-17-10-8-14/h5-11,20H,3-4,12H2,1-2H3,(H,17,18). The van der Waals surface area contributed by atoms with Gasteiger partial charge in [0.1, 0.15) is 5.75 Å². The zero-order chi connectivity index (χ0) is 14.4. The van der Waals surface area contributed by atoms with E-state index in [1.807, 2.05) is 24.3 Å². The third kappa shape index (κ3) is 3.71. The van der Waals surface area contributed by atoms with Crippen molar-refractivity contribution in [3.05, 3.63) is 48.3 Å². The second kappa shape index (κ2) is 6.91. The van der Waals surface area contributed by atoms with Gasteiger partial charge in [-0.1, -0.05) is 13.8 Å². The number of rotatable bonds is 6. The molecule has 4 heteroatoms. The molecule has 0 aliphatic rings. The second-order valence-corrected chi connectivity index (χ2v) is 4.67. The second-order valence-electron chi connectivity index (χ2n) is 4.67.